The maximum absolute atomic E-state index is 9.26. The zero-order chi connectivity index (χ0) is 9.68. The van der Waals surface area contributed by atoms with Crippen molar-refractivity contribution in [1.29, 1.82) is 0 Å². The third kappa shape index (κ3) is 3.39. The van der Waals surface area contributed by atoms with Crippen LogP contribution in [0.3, 0.4) is 0 Å². The van der Waals surface area contributed by atoms with Crippen LogP contribution in [0.2, 0.25) is 0 Å². The van der Waals surface area contributed by atoms with Gasteiger partial charge in [0.05, 0.1) is 0 Å². The van der Waals surface area contributed by atoms with Crippen LogP contribution in [-0.2, 0) is 6.42 Å². The van der Waals surface area contributed by atoms with E-state index in [2.05, 4.69) is 28.9 Å². The van der Waals surface area contributed by atoms with Crippen molar-refractivity contribution in [2.45, 2.75) is 19.8 Å². The van der Waals surface area contributed by atoms with Crippen LogP contribution < -0.4 is 0 Å². The summed E-state index contributed by atoms with van der Waals surface area (Å²) in [6, 6.07) is 7.50. The fourth-order valence-corrected chi connectivity index (χ4v) is 2.01. The SMILES string of the molecule is CCC(CBr)Cc1cccc(O)c1. The van der Waals surface area contributed by atoms with Crippen LogP contribution in [-0.4, -0.2) is 10.4 Å². The molecule has 1 aromatic carbocycles. The van der Waals surface area contributed by atoms with Crippen LogP contribution in [0.25, 0.3) is 0 Å². The number of rotatable bonds is 4. The van der Waals surface area contributed by atoms with Crippen molar-refractivity contribution in [3.8, 4) is 5.75 Å². The highest BCUT2D eigenvalue weighted by Gasteiger charge is 2.05. The van der Waals surface area contributed by atoms with E-state index in [1.54, 1.807) is 6.07 Å². The van der Waals surface area contributed by atoms with Gasteiger partial charge in [-0.3, -0.25) is 0 Å². The molecule has 0 heterocycles. The molecule has 1 N–H and O–H groups in total. The predicted octanol–water partition coefficient (Wildman–Crippen LogP) is 3.36. The van der Waals surface area contributed by atoms with Crippen molar-refractivity contribution in [1.82, 2.24) is 0 Å². The molecule has 1 nitrogen and oxygen atoms in total. The van der Waals surface area contributed by atoms with E-state index in [4.69, 9.17) is 0 Å². The molecule has 0 aliphatic carbocycles. The van der Waals surface area contributed by atoms with Gasteiger partial charge in [0.25, 0.3) is 0 Å². The van der Waals surface area contributed by atoms with E-state index in [-0.39, 0.29) is 0 Å². The summed E-state index contributed by atoms with van der Waals surface area (Å²) in [4.78, 5) is 0. The fraction of sp³-hybridized carbons (Fsp3) is 0.455. The van der Waals surface area contributed by atoms with Crippen LogP contribution >= 0.6 is 15.9 Å². The lowest BCUT2D eigenvalue weighted by molar-refractivity contribution is 0.473. The van der Waals surface area contributed by atoms with Gasteiger partial charge in [-0.1, -0.05) is 41.4 Å². The van der Waals surface area contributed by atoms with Gasteiger partial charge in [-0.15, -0.1) is 0 Å². The molecular weight excluding hydrogens is 228 g/mol. The Labute approximate surface area is 87.9 Å². The summed E-state index contributed by atoms with van der Waals surface area (Å²) in [6.45, 7) is 2.19. The molecule has 72 valence electrons. The molecule has 1 atom stereocenters. The Morgan fingerprint density at radius 3 is 2.77 bits per heavy atom. The van der Waals surface area contributed by atoms with Crippen molar-refractivity contribution in [3.05, 3.63) is 29.8 Å². The molecule has 0 fully saturated rings. The van der Waals surface area contributed by atoms with Crippen LogP contribution in [0.4, 0.5) is 0 Å². The third-order valence-corrected chi connectivity index (χ3v) is 3.15. The Hall–Kier alpha value is -0.500. The summed E-state index contributed by atoms with van der Waals surface area (Å²) in [6.07, 6.45) is 2.21. The number of hydrogen-bond acceptors (Lipinski definition) is 1. The number of benzene rings is 1. The molecule has 0 aromatic heterocycles. The lowest BCUT2D eigenvalue weighted by Gasteiger charge is -2.10. The lowest BCUT2D eigenvalue weighted by Crippen LogP contribution is -2.04. The Kier molecular flexibility index (Phi) is 4.29. The summed E-state index contributed by atoms with van der Waals surface area (Å²) in [5, 5.41) is 10.3. The molecule has 0 amide bonds. The number of aromatic hydroxyl groups is 1. The van der Waals surface area contributed by atoms with Gasteiger partial charge in [0, 0.05) is 5.33 Å². The summed E-state index contributed by atoms with van der Waals surface area (Å²) in [7, 11) is 0. The number of phenolic OH excluding ortho intramolecular Hbond substituents is 1. The monoisotopic (exact) mass is 242 g/mol. The van der Waals surface area contributed by atoms with E-state index in [0.717, 1.165) is 11.8 Å². The van der Waals surface area contributed by atoms with Gasteiger partial charge in [0.1, 0.15) is 5.75 Å². The van der Waals surface area contributed by atoms with Crippen molar-refractivity contribution in [3.63, 3.8) is 0 Å². The topological polar surface area (TPSA) is 20.2 Å². The Morgan fingerprint density at radius 2 is 2.23 bits per heavy atom. The first-order valence-corrected chi connectivity index (χ1v) is 5.72. The van der Waals surface area contributed by atoms with Gasteiger partial charge in [0.15, 0.2) is 0 Å². The maximum atomic E-state index is 9.26. The van der Waals surface area contributed by atoms with Crippen LogP contribution in [0, 0.1) is 5.92 Å². The highest BCUT2D eigenvalue weighted by Crippen LogP contribution is 2.17. The first-order chi connectivity index (χ1) is 6.26. The molecule has 2 heteroatoms. The van der Waals surface area contributed by atoms with Crippen molar-refractivity contribution in [2.24, 2.45) is 5.92 Å². The van der Waals surface area contributed by atoms with Crippen LogP contribution in [0.5, 0.6) is 5.75 Å². The highest BCUT2D eigenvalue weighted by atomic mass is 79.9. The van der Waals surface area contributed by atoms with E-state index in [0.29, 0.717) is 11.7 Å². The highest BCUT2D eigenvalue weighted by molar-refractivity contribution is 9.09. The second-order valence-electron chi connectivity index (χ2n) is 3.30. The minimum absolute atomic E-state index is 0.363. The summed E-state index contributed by atoms with van der Waals surface area (Å²) < 4.78 is 0. The molecule has 0 spiro atoms. The second kappa shape index (κ2) is 5.28. The van der Waals surface area contributed by atoms with Gasteiger partial charge < -0.3 is 5.11 Å². The Morgan fingerprint density at radius 1 is 1.46 bits per heavy atom. The standard InChI is InChI=1S/C11H15BrO/c1-2-9(8-12)6-10-4-3-5-11(13)7-10/h3-5,7,9,13H,2,6,8H2,1H3. The van der Waals surface area contributed by atoms with E-state index >= 15 is 0 Å². The number of hydrogen-bond donors (Lipinski definition) is 1. The smallest absolute Gasteiger partial charge is 0.115 e. The molecule has 0 bridgehead atoms. The summed E-state index contributed by atoms with van der Waals surface area (Å²) in [5.41, 5.74) is 1.21. The van der Waals surface area contributed by atoms with Crippen LogP contribution in [0.15, 0.2) is 24.3 Å². The molecule has 1 rings (SSSR count). The third-order valence-electron chi connectivity index (χ3n) is 2.23. The molecule has 13 heavy (non-hydrogen) atoms. The summed E-state index contributed by atoms with van der Waals surface area (Å²) >= 11 is 3.49. The zero-order valence-corrected chi connectivity index (χ0v) is 9.42. The predicted molar refractivity (Wildman–Crippen MR) is 59.4 cm³/mol. The van der Waals surface area contributed by atoms with Crippen molar-refractivity contribution >= 4 is 15.9 Å². The minimum atomic E-state index is 0.363. The first kappa shape index (κ1) is 10.6. The maximum Gasteiger partial charge on any atom is 0.115 e. The fourth-order valence-electron chi connectivity index (χ4n) is 1.32. The average Bonchev–Trinajstić information content (AvgIpc) is 2.14. The van der Waals surface area contributed by atoms with E-state index in [9.17, 15) is 5.11 Å². The molecule has 0 saturated carbocycles. The molecule has 0 aliphatic heterocycles. The minimum Gasteiger partial charge on any atom is -0.508 e. The van der Waals surface area contributed by atoms with Crippen molar-refractivity contribution in [2.75, 3.05) is 5.33 Å². The molecule has 1 unspecified atom stereocenters. The Balaban J connectivity index is 2.62. The Bertz CT molecular complexity index is 256. The number of halogens is 1. The van der Waals surface area contributed by atoms with Gasteiger partial charge in [0.2, 0.25) is 0 Å². The summed E-state index contributed by atoms with van der Waals surface area (Å²) in [5.74, 6) is 1.03. The van der Waals surface area contributed by atoms with Gasteiger partial charge in [-0.2, -0.15) is 0 Å². The quantitative estimate of drug-likeness (QED) is 0.804. The van der Waals surface area contributed by atoms with Gasteiger partial charge >= 0.3 is 0 Å². The normalized spacial score (nSPS) is 12.8. The number of phenols is 1. The van der Waals surface area contributed by atoms with Gasteiger partial charge in [-0.05, 0) is 30.0 Å². The number of alkyl halides is 1. The van der Waals surface area contributed by atoms with E-state index in [1.807, 2.05) is 12.1 Å². The lowest BCUT2D eigenvalue weighted by atomic mass is 9.99. The molecular formula is C11H15BrO. The molecule has 0 aliphatic rings. The van der Waals surface area contributed by atoms with E-state index < -0.39 is 0 Å². The van der Waals surface area contributed by atoms with Crippen LogP contribution in [0.1, 0.15) is 18.9 Å². The molecule has 0 saturated heterocycles. The average molecular weight is 243 g/mol. The largest absolute Gasteiger partial charge is 0.508 e. The molecule has 0 radical (unpaired) electrons. The van der Waals surface area contributed by atoms with Gasteiger partial charge in [-0.25, -0.2) is 0 Å². The first-order valence-electron chi connectivity index (χ1n) is 4.60. The second-order valence-corrected chi connectivity index (χ2v) is 3.95. The van der Waals surface area contributed by atoms with Crippen molar-refractivity contribution < 1.29 is 5.11 Å². The zero-order valence-electron chi connectivity index (χ0n) is 7.83. The molecule has 1 aromatic rings. The van der Waals surface area contributed by atoms with E-state index in [1.165, 1.54) is 12.0 Å².